The Labute approximate surface area is 131 Å². The van der Waals surface area contributed by atoms with Gasteiger partial charge in [0.05, 0.1) is 5.02 Å². The van der Waals surface area contributed by atoms with Gasteiger partial charge in [-0.15, -0.1) is 12.4 Å². The third-order valence-corrected chi connectivity index (χ3v) is 5.72. The molecular weight excluding hydrogens is 319 g/mol. The molecule has 0 spiro atoms. The Bertz CT molecular complexity index is 555. The third kappa shape index (κ3) is 4.09. The number of benzene rings is 1. The second kappa shape index (κ2) is 7.09. The first-order valence-corrected chi connectivity index (χ1v) is 8.29. The molecule has 1 aliphatic rings. The van der Waals surface area contributed by atoms with E-state index >= 15 is 0 Å². The number of rotatable bonds is 3. The highest BCUT2D eigenvalue weighted by Gasteiger charge is 2.25. The van der Waals surface area contributed by atoms with Gasteiger partial charge < -0.3 is 5.73 Å². The fraction of sp³-hybridized carbons (Fsp3) is 0.538. The van der Waals surface area contributed by atoms with Crippen LogP contribution in [0.15, 0.2) is 23.1 Å². The van der Waals surface area contributed by atoms with Gasteiger partial charge in [-0.05, 0) is 44.2 Å². The SMILES string of the molecule is Cc1cccc(S(=O)(=O)NC2CCC(N)CC2)c1Cl.Cl. The Morgan fingerprint density at radius 2 is 1.85 bits per heavy atom. The molecule has 0 aliphatic heterocycles. The van der Waals surface area contributed by atoms with Crippen molar-refractivity contribution in [2.24, 2.45) is 5.73 Å². The highest BCUT2D eigenvalue weighted by molar-refractivity contribution is 7.89. The van der Waals surface area contributed by atoms with E-state index < -0.39 is 10.0 Å². The van der Waals surface area contributed by atoms with Crippen molar-refractivity contribution >= 4 is 34.0 Å². The summed E-state index contributed by atoms with van der Waals surface area (Å²) in [4.78, 5) is 0.157. The predicted octanol–water partition coefficient (Wildman–Crippen LogP) is 2.62. The second-order valence-corrected chi connectivity index (χ2v) is 7.18. The summed E-state index contributed by atoms with van der Waals surface area (Å²) in [5, 5.41) is 0.294. The molecule has 0 aromatic heterocycles. The number of sulfonamides is 1. The fourth-order valence-corrected chi connectivity index (χ4v) is 4.23. The molecule has 1 saturated carbocycles. The monoisotopic (exact) mass is 338 g/mol. The molecule has 0 atom stereocenters. The summed E-state index contributed by atoms with van der Waals surface area (Å²) < 4.78 is 27.4. The van der Waals surface area contributed by atoms with Crippen molar-refractivity contribution in [2.75, 3.05) is 0 Å². The molecule has 20 heavy (non-hydrogen) atoms. The molecule has 3 N–H and O–H groups in total. The molecule has 114 valence electrons. The van der Waals surface area contributed by atoms with Crippen LogP contribution in [0.3, 0.4) is 0 Å². The van der Waals surface area contributed by atoms with E-state index in [0.29, 0.717) is 5.02 Å². The summed E-state index contributed by atoms with van der Waals surface area (Å²) in [7, 11) is -3.55. The molecule has 1 aromatic rings. The fourth-order valence-electron chi connectivity index (χ4n) is 2.35. The number of halogens is 2. The van der Waals surface area contributed by atoms with Crippen molar-refractivity contribution in [3.63, 3.8) is 0 Å². The van der Waals surface area contributed by atoms with Crippen molar-refractivity contribution in [3.05, 3.63) is 28.8 Å². The maximum atomic E-state index is 12.3. The van der Waals surface area contributed by atoms with Gasteiger partial charge in [-0.3, -0.25) is 0 Å². The van der Waals surface area contributed by atoms with Gasteiger partial charge in [-0.1, -0.05) is 23.7 Å². The molecule has 0 saturated heterocycles. The first-order chi connectivity index (χ1) is 8.90. The molecule has 0 radical (unpaired) electrons. The zero-order chi connectivity index (χ0) is 14.0. The second-order valence-electron chi connectivity index (χ2n) is 5.12. The van der Waals surface area contributed by atoms with Crippen LogP contribution < -0.4 is 10.5 Å². The topological polar surface area (TPSA) is 72.2 Å². The molecule has 2 rings (SSSR count). The summed E-state index contributed by atoms with van der Waals surface area (Å²) >= 11 is 6.08. The van der Waals surface area contributed by atoms with Crippen molar-refractivity contribution in [1.82, 2.24) is 4.72 Å². The van der Waals surface area contributed by atoms with Crippen molar-refractivity contribution in [2.45, 2.75) is 49.6 Å². The van der Waals surface area contributed by atoms with Crippen LogP contribution in [0, 0.1) is 6.92 Å². The van der Waals surface area contributed by atoms with Gasteiger partial charge in [0.15, 0.2) is 0 Å². The molecule has 7 heteroatoms. The van der Waals surface area contributed by atoms with Crippen LogP contribution in [0.25, 0.3) is 0 Å². The van der Waals surface area contributed by atoms with Crippen LogP contribution in [0.5, 0.6) is 0 Å². The Balaban J connectivity index is 0.00000200. The molecule has 4 nitrogen and oxygen atoms in total. The summed E-state index contributed by atoms with van der Waals surface area (Å²) in [5.41, 5.74) is 6.58. The van der Waals surface area contributed by atoms with Gasteiger partial charge in [0.2, 0.25) is 10.0 Å². The standard InChI is InChI=1S/C13H19ClN2O2S.ClH/c1-9-3-2-4-12(13(9)14)19(17,18)16-11-7-5-10(15)6-8-11;/h2-4,10-11,16H,5-8,15H2,1H3;1H. The Morgan fingerprint density at radius 1 is 1.25 bits per heavy atom. The van der Waals surface area contributed by atoms with Crippen LogP contribution in [-0.4, -0.2) is 20.5 Å². The van der Waals surface area contributed by atoms with Crippen LogP contribution in [-0.2, 0) is 10.0 Å². The van der Waals surface area contributed by atoms with E-state index in [0.717, 1.165) is 31.2 Å². The molecule has 0 heterocycles. The first kappa shape index (κ1) is 17.7. The highest BCUT2D eigenvalue weighted by Crippen LogP contribution is 2.26. The minimum absolute atomic E-state index is 0. The molecule has 1 aliphatic carbocycles. The quantitative estimate of drug-likeness (QED) is 0.889. The summed E-state index contributed by atoms with van der Waals surface area (Å²) in [6.45, 7) is 1.79. The number of aryl methyl sites for hydroxylation is 1. The Kier molecular flexibility index (Phi) is 6.28. The average Bonchev–Trinajstić information content (AvgIpc) is 2.35. The summed E-state index contributed by atoms with van der Waals surface area (Å²) in [5.74, 6) is 0. The predicted molar refractivity (Wildman–Crippen MR) is 84.0 cm³/mol. The van der Waals surface area contributed by atoms with Crippen molar-refractivity contribution in [1.29, 1.82) is 0 Å². The largest absolute Gasteiger partial charge is 0.328 e. The van der Waals surface area contributed by atoms with Crippen LogP contribution >= 0.6 is 24.0 Å². The molecule has 1 fully saturated rings. The van der Waals surface area contributed by atoms with Crippen LogP contribution in [0.2, 0.25) is 5.02 Å². The van der Waals surface area contributed by atoms with Gasteiger partial charge in [0, 0.05) is 12.1 Å². The maximum absolute atomic E-state index is 12.3. The van der Waals surface area contributed by atoms with Gasteiger partial charge >= 0.3 is 0 Å². The van der Waals surface area contributed by atoms with Crippen molar-refractivity contribution < 1.29 is 8.42 Å². The molecular formula is C13H20Cl2N2O2S. The van der Waals surface area contributed by atoms with Gasteiger partial charge in [0.25, 0.3) is 0 Å². The van der Waals surface area contributed by atoms with E-state index in [1.54, 1.807) is 19.1 Å². The number of nitrogens with one attached hydrogen (secondary N) is 1. The Morgan fingerprint density at radius 3 is 2.45 bits per heavy atom. The Hall–Kier alpha value is -0.330. The lowest BCUT2D eigenvalue weighted by Gasteiger charge is -2.26. The maximum Gasteiger partial charge on any atom is 0.242 e. The zero-order valence-electron chi connectivity index (χ0n) is 11.3. The number of nitrogens with two attached hydrogens (primary N) is 1. The van der Waals surface area contributed by atoms with Crippen molar-refractivity contribution in [3.8, 4) is 0 Å². The lowest BCUT2D eigenvalue weighted by atomic mass is 9.93. The lowest BCUT2D eigenvalue weighted by molar-refractivity contribution is 0.373. The highest BCUT2D eigenvalue weighted by atomic mass is 35.5. The van der Waals surface area contributed by atoms with E-state index in [4.69, 9.17) is 17.3 Å². The molecule has 0 bridgehead atoms. The third-order valence-electron chi connectivity index (χ3n) is 3.54. The number of hydrogen-bond acceptors (Lipinski definition) is 3. The molecule has 1 aromatic carbocycles. The van der Waals surface area contributed by atoms with E-state index in [2.05, 4.69) is 4.72 Å². The lowest BCUT2D eigenvalue weighted by Crippen LogP contribution is -2.40. The van der Waals surface area contributed by atoms with E-state index in [1.165, 1.54) is 6.07 Å². The van der Waals surface area contributed by atoms with E-state index in [1.807, 2.05) is 0 Å². The molecule has 0 unspecified atom stereocenters. The first-order valence-electron chi connectivity index (χ1n) is 6.43. The summed E-state index contributed by atoms with van der Waals surface area (Å²) in [6, 6.07) is 5.18. The summed E-state index contributed by atoms with van der Waals surface area (Å²) in [6.07, 6.45) is 3.27. The average molecular weight is 339 g/mol. The minimum atomic E-state index is -3.55. The zero-order valence-corrected chi connectivity index (χ0v) is 13.7. The van der Waals surface area contributed by atoms with Gasteiger partial charge in [-0.25, -0.2) is 13.1 Å². The van der Waals surface area contributed by atoms with Crippen LogP contribution in [0.4, 0.5) is 0 Å². The van der Waals surface area contributed by atoms with Gasteiger partial charge in [-0.2, -0.15) is 0 Å². The van der Waals surface area contributed by atoms with Gasteiger partial charge in [0.1, 0.15) is 4.90 Å². The van der Waals surface area contributed by atoms with E-state index in [9.17, 15) is 8.42 Å². The smallest absolute Gasteiger partial charge is 0.242 e. The van der Waals surface area contributed by atoms with Crippen LogP contribution in [0.1, 0.15) is 31.2 Å². The van der Waals surface area contributed by atoms with E-state index in [-0.39, 0.29) is 29.4 Å². The molecule has 0 amide bonds. The normalized spacial score (nSPS) is 23.1. The number of hydrogen-bond donors (Lipinski definition) is 2. The minimum Gasteiger partial charge on any atom is -0.328 e.